The van der Waals surface area contributed by atoms with E-state index in [9.17, 15) is 18.3 Å². The summed E-state index contributed by atoms with van der Waals surface area (Å²) < 4.78 is 52.3. The summed E-state index contributed by atoms with van der Waals surface area (Å²) >= 11 is 0. The Morgan fingerprint density at radius 1 is 1.06 bits per heavy atom. The van der Waals surface area contributed by atoms with Gasteiger partial charge in [-0.05, 0) is 31.2 Å². The van der Waals surface area contributed by atoms with Crippen LogP contribution in [-0.2, 0) is 6.54 Å². The zero-order valence-corrected chi connectivity index (χ0v) is 17.5. The van der Waals surface area contributed by atoms with E-state index < -0.39 is 12.5 Å². The first kappa shape index (κ1) is 24.1. The largest absolute Gasteiger partial charge is 0.573 e. The van der Waals surface area contributed by atoms with Crippen molar-refractivity contribution in [1.82, 2.24) is 10.6 Å². The molecule has 0 aliphatic carbocycles. The predicted octanol–water partition coefficient (Wildman–Crippen LogP) is 3.39. The molecule has 0 aromatic heterocycles. The summed E-state index contributed by atoms with van der Waals surface area (Å²) in [4.78, 5) is 4.30. The number of aliphatic hydroxyl groups excluding tert-OH is 1. The highest BCUT2D eigenvalue weighted by molar-refractivity contribution is 5.79. The van der Waals surface area contributed by atoms with Crippen LogP contribution in [-0.4, -0.2) is 44.7 Å². The monoisotopic (exact) mass is 441 g/mol. The highest BCUT2D eigenvalue weighted by Crippen LogP contribution is 2.29. The molecule has 7 nitrogen and oxygen atoms in total. The van der Waals surface area contributed by atoms with E-state index in [1.54, 1.807) is 24.3 Å². The van der Waals surface area contributed by atoms with Crippen molar-refractivity contribution in [2.45, 2.75) is 25.9 Å². The quantitative estimate of drug-likeness (QED) is 0.409. The summed E-state index contributed by atoms with van der Waals surface area (Å²) in [7, 11) is 3.02. The first-order valence-electron chi connectivity index (χ1n) is 9.53. The maximum absolute atomic E-state index is 12.6. The Bertz CT molecular complexity index is 875. The van der Waals surface area contributed by atoms with Gasteiger partial charge in [0, 0.05) is 24.2 Å². The standard InChI is InChI=1S/C21H26F3N3O4/c1-4-25-20(26-12-14-7-5-6-8-18(14)31-21(22,23)24)27-13-17(28)16-11-15(29-2)9-10-19(16)30-3/h5-11,17,28H,4,12-13H2,1-3H3,(H2,25,26,27). The highest BCUT2D eigenvalue weighted by Gasteiger charge is 2.31. The first-order chi connectivity index (χ1) is 14.8. The van der Waals surface area contributed by atoms with Crippen LogP contribution in [0, 0.1) is 0 Å². The van der Waals surface area contributed by atoms with Gasteiger partial charge in [0.1, 0.15) is 17.2 Å². The highest BCUT2D eigenvalue weighted by atomic mass is 19.4. The van der Waals surface area contributed by atoms with Crippen LogP contribution in [0.3, 0.4) is 0 Å². The summed E-state index contributed by atoms with van der Waals surface area (Å²) in [5, 5.41) is 16.6. The van der Waals surface area contributed by atoms with Crippen LogP contribution >= 0.6 is 0 Å². The third-order valence-electron chi connectivity index (χ3n) is 4.21. The minimum absolute atomic E-state index is 0.0554. The number of nitrogens with zero attached hydrogens (tertiary/aromatic N) is 1. The molecular formula is C21H26F3N3O4. The van der Waals surface area contributed by atoms with E-state index in [-0.39, 0.29) is 24.4 Å². The van der Waals surface area contributed by atoms with E-state index in [1.807, 2.05) is 6.92 Å². The number of guanidine groups is 1. The van der Waals surface area contributed by atoms with Crippen LogP contribution in [0.2, 0.25) is 0 Å². The fourth-order valence-electron chi connectivity index (χ4n) is 2.77. The topological polar surface area (TPSA) is 84.3 Å². The number of nitrogens with one attached hydrogen (secondary N) is 2. The predicted molar refractivity (Wildman–Crippen MR) is 110 cm³/mol. The molecule has 1 atom stereocenters. The van der Waals surface area contributed by atoms with Crippen molar-refractivity contribution < 1.29 is 32.5 Å². The molecule has 0 aliphatic rings. The summed E-state index contributed by atoms with van der Waals surface area (Å²) in [5.74, 6) is 1.08. The van der Waals surface area contributed by atoms with Crippen LogP contribution in [0.4, 0.5) is 13.2 Å². The molecule has 0 saturated carbocycles. The molecule has 2 rings (SSSR count). The van der Waals surface area contributed by atoms with Gasteiger partial charge >= 0.3 is 6.36 Å². The number of aliphatic hydroxyl groups is 1. The Morgan fingerprint density at radius 3 is 2.45 bits per heavy atom. The molecule has 0 spiro atoms. The molecule has 2 aromatic carbocycles. The number of rotatable bonds is 9. The summed E-state index contributed by atoms with van der Waals surface area (Å²) in [6.45, 7) is 2.39. The number of aliphatic imine (C=N–C) groups is 1. The lowest BCUT2D eigenvalue weighted by molar-refractivity contribution is -0.274. The molecule has 2 aromatic rings. The Balaban J connectivity index is 2.11. The fourth-order valence-corrected chi connectivity index (χ4v) is 2.77. The van der Waals surface area contributed by atoms with Crippen molar-refractivity contribution in [2.75, 3.05) is 27.3 Å². The van der Waals surface area contributed by atoms with Gasteiger partial charge in [0.2, 0.25) is 0 Å². The van der Waals surface area contributed by atoms with E-state index >= 15 is 0 Å². The molecule has 1 unspecified atom stereocenters. The SMILES string of the molecule is CCNC(=NCc1ccccc1OC(F)(F)F)NCC(O)c1cc(OC)ccc1OC. The van der Waals surface area contributed by atoms with Gasteiger partial charge < -0.3 is 30.0 Å². The van der Waals surface area contributed by atoms with Gasteiger partial charge in [0.05, 0.1) is 26.9 Å². The zero-order chi connectivity index (χ0) is 22.9. The number of methoxy groups -OCH3 is 2. The van der Waals surface area contributed by atoms with Gasteiger partial charge in [-0.1, -0.05) is 18.2 Å². The Kier molecular flexibility index (Phi) is 8.80. The van der Waals surface area contributed by atoms with Crippen LogP contribution in [0.15, 0.2) is 47.5 Å². The first-order valence-corrected chi connectivity index (χ1v) is 9.53. The second kappa shape index (κ2) is 11.3. The normalized spacial score (nSPS) is 12.8. The fraction of sp³-hybridized carbons (Fsp3) is 0.381. The lowest BCUT2D eigenvalue weighted by Gasteiger charge is -2.18. The molecule has 0 saturated heterocycles. The number of alkyl halides is 3. The molecule has 170 valence electrons. The molecule has 0 radical (unpaired) electrons. The maximum atomic E-state index is 12.6. The van der Waals surface area contributed by atoms with E-state index in [4.69, 9.17) is 9.47 Å². The molecule has 0 fully saturated rings. The molecule has 0 amide bonds. The molecule has 0 aliphatic heterocycles. The van der Waals surface area contributed by atoms with E-state index in [1.165, 1.54) is 32.4 Å². The Hall–Kier alpha value is -3.14. The second-order valence-electron chi connectivity index (χ2n) is 6.36. The third-order valence-corrected chi connectivity index (χ3v) is 4.21. The molecule has 31 heavy (non-hydrogen) atoms. The van der Waals surface area contributed by atoms with Gasteiger partial charge in [-0.15, -0.1) is 13.2 Å². The maximum Gasteiger partial charge on any atom is 0.573 e. The second-order valence-corrected chi connectivity index (χ2v) is 6.36. The van der Waals surface area contributed by atoms with Crippen LogP contribution in [0.1, 0.15) is 24.2 Å². The minimum Gasteiger partial charge on any atom is -0.497 e. The number of para-hydroxylation sites is 1. The van der Waals surface area contributed by atoms with Gasteiger partial charge in [-0.25, -0.2) is 4.99 Å². The molecule has 10 heteroatoms. The summed E-state index contributed by atoms with van der Waals surface area (Å²) in [5.41, 5.74) is 0.793. The number of benzene rings is 2. The number of hydrogen-bond acceptors (Lipinski definition) is 5. The van der Waals surface area contributed by atoms with Crippen molar-refractivity contribution in [3.8, 4) is 17.2 Å². The van der Waals surface area contributed by atoms with Gasteiger partial charge in [0.15, 0.2) is 5.96 Å². The lowest BCUT2D eigenvalue weighted by Crippen LogP contribution is -2.39. The third kappa shape index (κ3) is 7.56. The average Bonchev–Trinajstić information content (AvgIpc) is 2.74. The summed E-state index contributed by atoms with van der Waals surface area (Å²) in [6.07, 6.45) is -5.74. The average molecular weight is 441 g/mol. The van der Waals surface area contributed by atoms with E-state index in [2.05, 4.69) is 20.4 Å². The number of hydrogen-bond donors (Lipinski definition) is 3. The molecular weight excluding hydrogens is 415 g/mol. The van der Waals surface area contributed by atoms with Gasteiger partial charge in [0.25, 0.3) is 0 Å². The molecule has 3 N–H and O–H groups in total. The number of ether oxygens (including phenoxy) is 3. The number of halogens is 3. The molecule has 0 heterocycles. The Morgan fingerprint density at radius 2 is 1.81 bits per heavy atom. The smallest absolute Gasteiger partial charge is 0.497 e. The van der Waals surface area contributed by atoms with Crippen molar-refractivity contribution >= 4 is 5.96 Å². The van der Waals surface area contributed by atoms with Crippen LogP contribution < -0.4 is 24.8 Å². The van der Waals surface area contributed by atoms with Gasteiger partial charge in [-0.2, -0.15) is 0 Å². The minimum atomic E-state index is -4.79. The van der Waals surface area contributed by atoms with Crippen molar-refractivity contribution in [1.29, 1.82) is 0 Å². The van der Waals surface area contributed by atoms with Crippen molar-refractivity contribution in [3.05, 3.63) is 53.6 Å². The van der Waals surface area contributed by atoms with E-state index in [0.717, 1.165) is 0 Å². The van der Waals surface area contributed by atoms with Gasteiger partial charge in [-0.3, -0.25) is 0 Å². The molecule has 0 bridgehead atoms. The zero-order valence-electron chi connectivity index (χ0n) is 17.5. The summed E-state index contributed by atoms with van der Waals surface area (Å²) in [6, 6.07) is 10.9. The van der Waals surface area contributed by atoms with Crippen LogP contribution in [0.25, 0.3) is 0 Å². The lowest BCUT2D eigenvalue weighted by atomic mass is 10.1. The Labute approximate surface area is 178 Å². The van der Waals surface area contributed by atoms with Crippen molar-refractivity contribution in [2.24, 2.45) is 4.99 Å². The van der Waals surface area contributed by atoms with Crippen molar-refractivity contribution in [3.63, 3.8) is 0 Å². The van der Waals surface area contributed by atoms with Crippen LogP contribution in [0.5, 0.6) is 17.2 Å². The van der Waals surface area contributed by atoms with E-state index in [0.29, 0.717) is 29.6 Å².